The minimum atomic E-state index is -3.68. The fraction of sp³-hybridized carbons (Fsp3) is 0.150. The highest BCUT2D eigenvalue weighted by Crippen LogP contribution is 2.12. The molecule has 2 N–H and O–H groups in total. The van der Waals surface area contributed by atoms with E-state index < -0.39 is 10.0 Å². The molecule has 1 heterocycles. The molecule has 27 heavy (non-hydrogen) atoms. The summed E-state index contributed by atoms with van der Waals surface area (Å²) in [7, 11) is -3.68. The van der Waals surface area contributed by atoms with Crippen molar-refractivity contribution in [1.82, 2.24) is 10.0 Å². The number of aryl methyl sites for hydroxylation is 1. The third kappa shape index (κ3) is 5.06. The number of benzene rings is 2. The van der Waals surface area contributed by atoms with Crippen molar-refractivity contribution in [3.05, 3.63) is 89.4 Å². The van der Waals surface area contributed by atoms with Crippen LogP contribution in [0.5, 0.6) is 0 Å². The van der Waals surface area contributed by atoms with Gasteiger partial charge in [-0.25, -0.2) is 13.1 Å². The molecule has 0 aliphatic carbocycles. The number of rotatable bonds is 7. The number of sulfonamides is 1. The van der Waals surface area contributed by atoms with E-state index in [0.717, 1.165) is 11.1 Å². The second-order valence-electron chi connectivity index (χ2n) is 6.10. The lowest BCUT2D eigenvalue weighted by molar-refractivity contribution is 0.0951. The van der Waals surface area contributed by atoms with Gasteiger partial charge in [-0.1, -0.05) is 29.8 Å². The van der Waals surface area contributed by atoms with Crippen LogP contribution < -0.4 is 10.0 Å². The minimum absolute atomic E-state index is 0.0636. The lowest BCUT2D eigenvalue weighted by atomic mass is 10.1. The maximum absolute atomic E-state index is 12.3. The summed E-state index contributed by atoms with van der Waals surface area (Å²) in [6.45, 7) is 2.47. The molecule has 3 aromatic rings. The van der Waals surface area contributed by atoms with Crippen LogP contribution in [0.4, 0.5) is 0 Å². The fourth-order valence-corrected chi connectivity index (χ4v) is 3.43. The Balaban J connectivity index is 1.60. The zero-order valence-electron chi connectivity index (χ0n) is 14.8. The van der Waals surface area contributed by atoms with E-state index >= 15 is 0 Å². The molecule has 0 saturated carbocycles. The topological polar surface area (TPSA) is 88.4 Å². The average Bonchev–Trinajstić information content (AvgIpc) is 3.20. The van der Waals surface area contributed by atoms with Gasteiger partial charge in [0, 0.05) is 12.1 Å². The number of carbonyl (C=O) groups excluding carboxylic acids is 1. The Bertz CT molecular complexity index is 993. The highest BCUT2D eigenvalue weighted by atomic mass is 32.2. The highest BCUT2D eigenvalue weighted by molar-refractivity contribution is 7.89. The van der Waals surface area contributed by atoms with E-state index in [0.29, 0.717) is 17.9 Å². The number of hydrogen-bond acceptors (Lipinski definition) is 4. The van der Waals surface area contributed by atoms with Crippen molar-refractivity contribution in [2.75, 3.05) is 0 Å². The maximum atomic E-state index is 12.3. The van der Waals surface area contributed by atoms with Gasteiger partial charge in [0.25, 0.3) is 5.91 Å². The van der Waals surface area contributed by atoms with Crippen LogP contribution in [0.3, 0.4) is 0 Å². The third-order valence-electron chi connectivity index (χ3n) is 4.02. The van der Waals surface area contributed by atoms with Gasteiger partial charge in [0.15, 0.2) is 0 Å². The van der Waals surface area contributed by atoms with Gasteiger partial charge in [0.05, 0.1) is 17.7 Å². The van der Waals surface area contributed by atoms with Crippen molar-refractivity contribution in [3.8, 4) is 0 Å². The zero-order valence-corrected chi connectivity index (χ0v) is 15.6. The Morgan fingerprint density at radius 2 is 1.67 bits per heavy atom. The molecule has 0 spiro atoms. The first-order chi connectivity index (χ1) is 12.9. The van der Waals surface area contributed by atoms with Gasteiger partial charge >= 0.3 is 0 Å². The molecule has 0 atom stereocenters. The lowest BCUT2D eigenvalue weighted by Crippen LogP contribution is -2.24. The standard InChI is InChI=1S/C20H20N2O4S/c1-15-4-6-16(7-5-15)13-21-20(23)17-8-10-19(11-9-17)27(24,25)22-14-18-3-2-12-26-18/h2-12,22H,13-14H2,1H3,(H,21,23). The van der Waals surface area contributed by atoms with Gasteiger partial charge in [-0.15, -0.1) is 0 Å². The van der Waals surface area contributed by atoms with E-state index in [-0.39, 0.29) is 17.3 Å². The van der Waals surface area contributed by atoms with E-state index in [1.807, 2.05) is 31.2 Å². The third-order valence-corrected chi connectivity index (χ3v) is 5.43. The van der Waals surface area contributed by atoms with Crippen LogP contribution in [0.15, 0.2) is 76.2 Å². The number of amides is 1. The van der Waals surface area contributed by atoms with Gasteiger partial charge in [-0.05, 0) is 48.9 Å². The van der Waals surface area contributed by atoms with Crippen molar-refractivity contribution in [2.24, 2.45) is 0 Å². The van der Waals surface area contributed by atoms with E-state index in [2.05, 4.69) is 10.0 Å². The molecule has 0 aliphatic heterocycles. The van der Waals surface area contributed by atoms with E-state index in [1.165, 1.54) is 30.5 Å². The molecule has 140 valence electrons. The summed E-state index contributed by atoms with van der Waals surface area (Å²) < 4.78 is 32.1. The van der Waals surface area contributed by atoms with Gasteiger partial charge in [0.1, 0.15) is 5.76 Å². The monoisotopic (exact) mass is 384 g/mol. The van der Waals surface area contributed by atoms with Gasteiger partial charge < -0.3 is 9.73 Å². The second kappa shape index (κ2) is 8.20. The van der Waals surface area contributed by atoms with Crippen molar-refractivity contribution in [3.63, 3.8) is 0 Å². The number of hydrogen-bond donors (Lipinski definition) is 2. The molecule has 2 aromatic carbocycles. The minimum Gasteiger partial charge on any atom is -0.468 e. The molecule has 0 aliphatic rings. The summed E-state index contributed by atoms with van der Waals surface area (Å²) in [6, 6.07) is 17.0. The zero-order chi connectivity index (χ0) is 19.3. The average molecular weight is 384 g/mol. The van der Waals surface area contributed by atoms with Crippen LogP contribution in [-0.4, -0.2) is 14.3 Å². The Morgan fingerprint density at radius 3 is 2.30 bits per heavy atom. The summed E-state index contributed by atoms with van der Waals surface area (Å²) in [6.07, 6.45) is 1.48. The number of furan rings is 1. The molecule has 6 nitrogen and oxygen atoms in total. The van der Waals surface area contributed by atoms with Crippen molar-refractivity contribution in [1.29, 1.82) is 0 Å². The molecule has 0 bridgehead atoms. The Morgan fingerprint density at radius 1 is 0.963 bits per heavy atom. The Kier molecular flexibility index (Phi) is 5.73. The summed E-state index contributed by atoms with van der Waals surface area (Å²) in [5.74, 6) is 0.258. The van der Waals surface area contributed by atoms with Gasteiger partial charge in [0.2, 0.25) is 10.0 Å². The number of nitrogens with one attached hydrogen (secondary N) is 2. The molecule has 0 fully saturated rings. The van der Waals surface area contributed by atoms with Crippen LogP contribution >= 0.6 is 0 Å². The first kappa shape index (κ1) is 18.9. The lowest BCUT2D eigenvalue weighted by Gasteiger charge is -2.08. The summed E-state index contributed by atoms with van der Waals surface area (Å²) >= 11 is 0. The molecular weight excluding hydrogens is 364 g/mol. The fourth-order valence-electron chi connectivity index (χ4n) is 2.44. The molecule has 0 unspecified atom stereocenters. The van der Waals surface area contributed by atoms with E-state index in [1.54, 1.807) is 12.1 Å². The summed E-state index contributed by atoms with van der Waals surface area (Å²) in [4.78, 5) is 12.3. The second-order valence-corrected chi connectivity index (χ2v) is 7.86. The molecule has 0 saturated heterocycles. The quantitative estimate of drug-likeness (QED) is 0.655. The van der Waals surface area contributed by atoms with Crippen molar-refractivity contribution < 1.29 is 17.6 Å². The maximum Gasteiger partial charge on any atom is 0.251 e. The van der Waals surface area contributed by atoms with Crippen LogP contribution in [0.1, 0.15) is 27.2 Å². The Labute approximate surface area is 158 Å². The molecule has 1 amide bonds. The largest absolute Gasteiger partial charge is 0.468 e. The van der Waals surface area contributed by atoms with Crippen LogP contribution in [0.2, 0.25) is 0 Å². The number of carbonyl (C=O) groups is 1. The predicted octanol–water partition coefficient (Wildman–Crippen LogP) is 3.00. The molecule has 0 radical (unpaired) electrons. The molecule has 1 aromatic heterocycles. The molecule has 7 heteroatoms. The predicted molar refractivity (Wildman–Crippen MR) is 102 cm³/mol. The summed E-state index contributed by atoms with van der Waals surface area (Å²) in [5, 5.41) is 2.82. The van der Waals surface area contributed by atoms with Crippen molar-refractivity contribution in [2.45, 2.75) is 24.9 Å². The van der Waals surface area contributed by atoms with Gasteiger partial charge in [-0.2, -0.15) is 0 Å². The first-order valence-corrected chi connectivity index (χ1v) is 9.88. The molecule has 3 rings (SSSR count). The van der Waals surface area contributed by atoms with Crippen LogP contribution in [0.25, 0.3) is 0 Å². The normalized spacial score (nSPS) is 11.3. The molecular formula is C20H20N2O4S. The first-order valence-electron chi connectivity index (χ1n) is 8.40. The summed E-state index contributed by atoms with van der Waals surface area (Å²) in [5.41, 5.74) is 2.55. The van der Waals surface area contributed by atoms with E-state index in [4.69, 9.17) is 4.42 Å². The smallest absolute Gasteiger partial charge is 0.251 e. The van der Waals surface area contributed by atoms with Crippen LogP contribution in [-0.2, 0) is 23.1 Å². The SMILES string of the molecule is Cc1ccc(CNC(=O)c2ccc(S(=O)(=O)NCc3ccco3)cc2)cc1. The van der Waals surface area contributed by atoms with Crippen LogP contribution in [0, 0.1) is 6.92 Å². The van der Waals surface area contributed by atoms with Crippen molar-refractivity contribution >= 4 is 15.9 Å². The highest BCUT2D eigenvalue weighted by Gasteiger charge is 2.15. The van der Waals surface area contributed by atoms with Gasteiger partial charge in [-0.3, -0.25) is 4.79 Å². The Hall–Kier alpha value is -2.90. The van der Waals surface area contributed by atoms with E-state index in [9.17, 15) is 13.2 Å².